The number of aryl methyl sites for hydroxylation is 1. The molecule has 20 heavy (non-hydrogen) atoms. The Balaban J connectivity index is 1.71. The van der Waals surface area contributed by atoms with Gasteiger partial charge in [-0.05, 0) is 26.1 Å². The maximum Gasteiger partial charge on any atom is 0.119 e. The van der Waals surface area contributed by atoms with E-state index in [0.29, 0.717) is 13.2 Å². The molecule has 4 nitrogen and oxygen atoms in total. The number of aliphatic hydroxyl groups is 1. The number of ether oxygens (including phenoxy) is 1. The highest BCUT2D eigenvalue weighted by Crippen LogP contribution is 2.12. The molecule has 0 bridgehead atoms. The van der Waals surface area contributed by atoms with Crippen LogP contribution in [-0.4, -0.2) is 41.3 Å². The molecular weight excluding hydrogens is 272 g/mol. The van der Waals surface area contributed by atoms with Gasteiger partial charge in [0.1, 0.15) is 23.5 Å². The van der Waals surface area contributed by atoms with Crippen molar-refractivity contribution in [3.05, 3.63) is 46.4 Å². The van der Waals surface area contributed by atoms with E-state index in [0.717, 1.165) is 17.3 Å². The van der Waals surface area contributed by atoms with Crippen molar-refractivity contribution < 1.29 is 9.84 Å². The van der Waals surface area contributed by atoms with E-state index in [2.05, 4.69) is 4.98 Å². The summed E-state index contributed by atoms with van der Waals surface area (Å²) < 4.78 is 5.57. The number of aliphatic hydroxyl groups excluding tert-OH is 1. The average molecular weight is 292 g/mol. The number of hydrogen-bond acceptors (Lipinski definition) is 5. The van der Waals surface area contributed by atoms with E-state index in [1.807, 2.05) is 48.5 Å². The van der Waals surface area contributed by atoms with Crippen LogP contribution in [0.1, 0.15) is 10.6 Å². The molecule has 1 atom stereocenters. The molecule has 108 valence electrons. The number of aromatic nitrogens is 1. The fourth-order valence-electron chi connectivity index (χ4n) is 1.87. The predicted octanol–water partition coefficient (Wildman–Crippen LogP) is 2.32. The van der Waals surface area contributed by atoms with Crippen LogP contribution in [0.4, 0.5) is 0 Å². The van der Waals surface area contributed by atoms with Gasteiger partial charge in [0.15, 0.2) is 0 Å². The zero-order chi connectivity index (χ0) is 14.4. The van der Waals surface area contributed by atoms with Crippen LogP contribution in [0.15, 0.2) is 35.8 Å². The summed E-state index contributed by atoms with van der Waals surface area (Å²) in [5, 5.41) is 13.0. The van der Waals surface area contributed by atoms with Crippen LogP contribution in [0.5, 0.6) is 5.75 Å². The second-order valence-electron chi connectivity index (χ2n) is 4.90. The smallest absolute Gasteiger partial charge is 0.119 e. The number of rotatable bonds is 7. The lowest BCUT2D eigenvalue weighted by Gasteiger charge is -2.19. The molecule has 1 N–H and O–H groups in total. The number of thiazole rings is 1. The standard InChI is InChI=1S/C15H20N2O2S/c1-12-3-5-14(6-4-12)19-11-13(18)9-17(2)10-15-16-7-8-20-15/h3-8,13,18H,9-11H2,1-2H3. The van der Waals surface area contributed by atoms with E-state index < -0.39 is 6.10 Å². The third-order valence-corrected chi connectivity index (χ3v) is 3.64. The number of nitrogens with zero attached hydrogens (tertiary/aromatic N) is 2. The number of hydrogen-bond donors (Lipinski definition) is 1. The highest BCUT2D eigenvalue weighted by Gasteiger charge is 2.10. The Bertz CT molecular complexity index is 499. The van der Waals surface area contributed by atoms with Gasteiger partial charge in [-0.2, -0.15) is 0 Å². The Labute approximate surface area is 123 Å². The molecule has 0 spiro atoms. The molecular formula is C15H20N2O2S. The van der Waals surface area contributed by atoms with Crippen molar-refractivity contribution in [1.29, 1.82) is 0 Å². The second kappa shape index (κ2) is 7.38. The first kappa shape index (κ1) is 15.0. The minimum Gasteiger partial charge on any atom is -0.491 e. The molecule has 1 aromatic carbocycles. The molecule has 0 saturated carbocycles. The zero-order valence-corrected chi connectivity index (χ0v) is 12.6. The normalized spacial score (nSPS) is 12.6. The highest BCUT2D eigenvalue weighted by atomic mass is 32.1. The van der Waals surface area contributed by atoms with Gasteiger partial charge >= 0.3 is 0 Å². The molecule has 0 aliphatic carbocycles. The Morgan fingerprint density at radius 3 is 2.75 bits per heavy atom. The van der Waals surface area contributed by atoms with Gasteiger partial charge in [0.25, 0.3) is 0 Å². The van der Waals surface area contributed by atoms with Gasteiger partial charge < -0.3 is 9.84 Å². The van der Waals surface area contributed by atoms with Gasteiger partial charge in [0.05, 0.1) is 6.54 Å². The van der Waals surface area contributed by atoms with Gasteiger partial charge in [-0.25, -0.2) is 4.98 Å². The van der Waals surface area contributed by atoms with Crippen LogP contribution in [0.2, 0.25) is 0 Å². The monoisotopic (exact) mass is 292 g/mol. The fourth-order valence-corrected chi connectivity index (χ4v) is 2.56. The molecule has 0 fully saturated rings. The van der Waals surface area contributed by atoms with Crippen molar-refractivity contribution in [2.45, 2.75) is 19.6 Å². The lowest BCUT2D eigenvalue weighted by molar-refractivity contribution is 0.0744. The molecule has 2 rings (SSSR count). The van der Waals surface area contributed by atoms with Crippen LogP contribution in [0.25, 0.3) is 0 Å². The van der Waals surface area contributed by atoms with E-state index >= 15 is 0 Å². The molecule has 1 unspecified atom stereocenters. The summed E-state index contributed by atoms with van der Waals surface area (Å²) in [7, 11) is 1.97. The maximum atomic E-state index is 9.98. The van der Waals surface area contributed by atoms with E-state index in [1.54, 1.807) is 17.5 Å². The van der Waals surface area contributed by atoms with Gasteiger partial charge in [-0.15, -0.1) is 11.3 Å². The van der Waals surface area contributed by atoms with Crippen molar-refractivity contribution in [2.24, 2.45) is 0 Å². The van der Waals surface area contributed by atoms with Crippen molar-refractivity contribution in [3.63, 3.8) is 0 Å². The minimum absolute atomic E-state index is 0.297. The highest BCUT2D eigenvalue weighted by molar-refractivity contribution is 7.09. The number of likely N-dealkylation sites (N-methyl/N-ethyl adjacent to an activating group) is 1. The molecule has 1 heterocycles. The van der Waals surface area contributed by atoms with Crippen LogP contribution < -0.4 is 4.74 Å². The fraction of sp³-hybridized carbons (Fsp3) is 0.400. The van der Waals surface area contributed by atoms with Gasteiger partial charge in [0.2, 0.25) is 0 Å². The molecule has 5 heteroatoms. The summed E-state index contributed by atoms with van der Waals surface area (Å²) in [4.78, 5) is 6.27. The van der Waals surface area contributed by atoms with Crippen LogP contribution in [-0.2, 0) is 6.54 Å². The lowest BCUT2D eigenvalue weighted by Crippen LogP contribution is -2.32. The van der Waals surface area contributed by atoms with Gasteiger partial charge in [-0.3, -0.25) is 4.90 Å². The molecule has 0 aliphatic rings. The lowest BCUT2D eigenvalue weighted by atomic mass is 10.2. The SMILES string of the molecule is Cc1ccc(OCC(O)CN(C)Cc2nccs2)cc1. The number of benzene rings is 1. The van der Waals surface area contributed by atoms with Gasteiger partial charge in [0, 0.05) is 18.1 Å². The van der Waals surface area contributed by atoms with Crippen LogP contribution in [0, 0.1) is 6.92 Å². The first-order valence-corrected chi connectivity index (χ1v) is 7.46. The Hall–Kier alpha value is -1.43. The van der Waals surface area contributed by atoms with E-state index in [9.17, 15) is 5.11 Å². The van der Waals surface area contributed by atoms with Crippen molar-refractivity contribution in [3.8, 4) is 5.75 Å². The zero-order valence-electron chi connectivity index (χ0n) is 11.8. The molecule has 0 saturated heterocycles. The third-order valence-electron chi connectivity index (χ3n) is 2.87. The quantitative estimate of drug-likeness (QED) is 0.851. The Morgan fingerprint density at radius 2 is 2.10 bits per heavy atom. The second-order valence-corrected chi connectivity index (χ2v) is 5.88. The molecule has 0 radical (unpaired) electrons. The van der Waals surface area contributed by atoms with E-state index in [4.69, 9.17) is 4.74 Å². The topological polar surface area (TPSA) is 45.6 Å². The first-order chi connectivity index (χ1) is 9.63. The molecule has 1 aromatic heterocycles. The van der Waals surface area contributed by atoms with Gasteiger partial charge in [-0.1, -0.05) is 17.7 Å². The predicted molar refractivity (Wildman–Crippen MR) is 81.1 cm³/mol. The summed E-state index contributed by atoms with van der Waals surface area (Å²) in [5.74, 6) is 0.789. The van der Waals surface area contributed by atoms with E-state index in [1.165, 1.54) is 5.56 Å². The van der Waals surface area contributed by atoms with Crippen LogP contribution in [0.3, 0.4) is 0 Å². The van der Waals surface area contributed by atoms with Crippen molar-refractivity contribution in [2.75, 3.05) is 20.2 Å². The Morgan fingerprint density at radius 1 is 1.35 bits per heavy atom. The molecule has 0 aliphatic heterocycles. The van der Waals surface area contributed by atoms with Crippen molar-refractivity contribution in [1.82, 2.24) is 9.88 Å². The molecule has 0 amide bonds. The first-order valence-electron chi connectivity index (χ1n) is 6.58. The summed E-state index contributed by atoms with van der Waals surface area (Å²) in [6.07, 6.45) is 1.28. The summed E-state index contributed by atoms with van der Waals surface area (Å²) in [6, 6.07) is 7.83. The van der Waals surface area contributed by atoms with E-state index in [-0.39, 0.29) is 0 Å². The van der Waals surface area contributed by atoms with Crippen LogP contribution >= 0.6 is 11.3 Å². The van der Waals surface area contributed by atoms with Crippen molar-refractivity contribution >= 4 is 11.3 Å². The summed E-state index contributed by atoms with van der Waals surface area (Å²) in [6.45, 7) is 3.64. The third kappa shape index (κ3) is 4.92. The Kier molecular flexibility index (Phi) is 5.52. The summed E-state index contributed by atoms with van der Waals surface area (Å²) in [5.41, 5.74) is 1.20. The summed E-state index contributed by atoms with van der Waals surface area (Å²) >= 11 is 1.62. The maximum absolute atomic E-state index is 9.98. The largest absolute Gasteiger partial charge is 0.491 e. The minimum atomic E-state index is -0.513. The molecule has 2 aromatic rings. The average Bonchev–Trinajstić information content (AvgIpc) is 2.90.